The molecule has 6 nitrogen and oxygen atoms in total. The van der Waals surface area contributed by atoms with Crippen molar-refractivity contribution in [2.75, 3.05) is 26.8 Å². The summed E-state index contributed by atoms with van der Waals surface area (Å²) in [5.41, 5.74) is 5.49. The molecule has 0 heterocycles. The summed E-state index contributed by atoms with van der Waals surface area (Å²) in [5, 5.41) is 0. The lowest BCUT2D eigenvalue weighted by atomic mass is 10.2. The van der Waals surface area contributed by atoms with E-state index in [4.69, 9.17) is 15.2 Å². The Labute approximate surface area is 148 Å². The molecule has 0 fully saturated rings. The molecule has 1 aromatic rings. The summed E-state index contributed by atoms with van der Waals surface area (Å²) in [6, 6.07) is 4.54. The second-order valence-corrected chi connectivity index (χ2v) is 5.12. The van der Waals surface area contributed by atoms with E-state index < -0.39 is 24.5 Å². The van der Waals surface area contributed by atoms with E-state index in [0.29, 0.717) is 10.5 Å². The van der Waals surface area contributed by atoms with Gasteiger partial charge in [0.1, 0.15) is 6.54 Å². The van der Waals surface area contributed by atoms with E-state index in [-0.39, 0.29) is 24.7 Å². The normalized spacial score (nSPS) is 11.2. The number of methoxy groups -OCH3 is 1. The van der Waals surface area contributed by atoms with Crippen molar-refractivity contribution in [3.63, 3.8) is 0 Å². The monoisotopic (exact) mass is 372 g/mol. The zero-order chi connectivity index (χ0) is 19.7. The van der Waals surface area contributed by atoms with Crippen molar-refractivity contribution in [2.24, 2.45) is 5.73 Å². The molecule has 0 spiro atoms. The molecule has 142 valence electrons. The lowest BCUT2D eigenvalue weighted by Gasteiger charge is -2.20. The number of benzene rings is 1. The molecule has 1 aromatic carbocycles. The molecule has 0 atom stereocenters. The molecular weight excluding hydrogens is 353 g/mol. The van der Waals surface area contributed by atoms with Gasteiger partial charge < -0.3 is 20.1 Å². The van der Waals surface area contributed by atoms with Crippen LogP contribution in [0, 0.1) is 0 Å². The number of rotatable bonds is 9. The lowest BCUT2D eigenvalue weighted by molar-refractivity contribution is -0.157. The molecule has 0 aromatic heterocycles. The highest BCUT2D eigenvalue weighted by Gasteiger charge is 2.31. The van der Waals surface area contributed by atoms with Crippen LogP contribution in [0.3, 0.4) is 0 Å². The van der Waals surface area contributed by atoms with Crippen LogP contribution in [-0.2, 0) is 9.59 Å². The molecule has 2 N–H and O–H groups in total. The van der Waals surface area contributed by atoms with Crippen LogP contribution in [0.2, 0.25) is 0 Å². The summed E-state index contributed by atoms with van der Waals surface area (Å²) >= 11 is 0. The highest BCUT2D eigenvalue weighted by Crippen LogP contribution is 2.28. The highest BCUT2D eigenvalue weighted by atomic mass is 19.4. The third kappa shape index (κ3) is 7.29. The van der Waals surface area contributed by atoms with Crippen LogP contribution in [-0.4, -0.2) is 49.7 Å². The summed E-state index contributed by atoms with van der Waals surface area (Å²) < 4.78 is 47.8. The number of nitrogens with zero attached hydrogens (tertiary/aromatic N) is 1. The fourth-order valence-electron chi connectivity index (χ4n) is 1.93. The number of alkyl halides is 3. The Morgan fingerprint density at radius 2 is 2.00 bits per heavy atom. The van der Waals surface area contributed by atoms with Crippen molar-refractivity contribution >= 4 is 17.9 Å². The van der Waals surface area contributed by atoms with E-state index in [9.17, 15) is 22.8 Å². The highest BCUT2D eigenvalue weighted by molar-refractivity contribution is 5.92. The lowest BCUT2D eigenvalue weighted by Crippen LogP contribution is -2.38. The standard InChI is InChI=1S/C17H19F3N2O4/c1-3-8-22(11-17(18,19)20)16(24)7-5-12-4-6-13(14(9-12)25-2)26-10-15(21)23/h3-7,9H,1,8,10-11H2,2H3,(H2,21,23)/b7-5-. The van der Waals surface area contributed by atoms with Crippen molar-refractivity contribution in [3.8, 4) is 11.5 Å². The number of nitrogens with two attached hydrogens (primary N) is 1. The van der Waals surface area contributed by atoms with Crippen LogP contribution in [0.25, 0.3) is 6.08 Å². The summed E-state index contributed by atoms with van der Waals surface area (Å²) in [7, 11) is 1.38. The smallest absolute Gasteiger partial charge is 0.406 e. The van der Waals surface area contributed by atoms with Crippen molar-refractivity contribution in [2.45, 2.75) is 6.18 Å². The van der Waals surface area contributed by atoms with Gasteiger partial charge in [-0.1, -0.05) is 12.1 Å². The Morgan fingerprint density at radius 1 is 1.31 bits per heavy atom. The number of hydrogen-bond donors (Lipinski definition) is 1. The Bertz CT molecular complexity index is 687. The molecule has 0 aliphatic rings. The second-order valence-electron chi connectivity index (χ2n) is 5.12. The van der Waals surface area contributed by atoms with Crippen LogP contribution >= 0.6 is 0 Å². The average molecular weight is 372 g/mol. The third-order valence-corrected chi connectivity index (χ3v) is 3.01. The summed E-state index contributed by atoms with van der Waals surface area (Å²) in [6.45, 7) is 1.41. The first-order valence-corrected chi connectivity index (χ1v) is 7.40. The van der Waals surface area contributed by atoms with Gasteiger partial charge in [-0.25, -0.2) is 0 Å². The number of halogens is 3. The van der Waals surface area contributed by atoms with E-state index in [0.717, 1.165) is 6.08 Å². The van der Waals surface area contributed by atoms with E-state index in [1.54, 1.807) is 6.07 Å². The van der Waals surface area contributed by atoms with Crippen molar-refractivity contribution in [3.05, 3.63) is 42.5 Å². The van der Waals surface area contributed by atoms with Crippen LogP contribution in [0.4, 0.5) is 13.2 Å². The first kappa shape index (κ1) is 21.1. The van der Waals surface area contributed by atoms with Crippen LogP contribution in [0.15, 0.2) is 36.9 Å². The minimum atomic E-state index is -4.50. The first-order chi connectivity index (χ1) is 12.2. The van der Waals surface area contributed by atoms with Gasteiger partial charge in [0.25, 0.3) is 5.91 Å². The topological polar surface area (TPSA) is 81.9 Å². The molecule has 9 heteroatoms. The molecular formula is C17H19F3N2O4. The van der Waals surface area contributed by atoms with Gasteiger partial charge in [0.15, 0.2) is 18.1 Å². The van der Waals surface area contributed by atoms with Gasteiger partial charge in [-0.2, -0.15) is 13.2 Å². The Kier molecular flexibility index (Phi) is 7.70. The van der Waals surface area contributed by atoms with Crippen LogP contribution < -0.4 is 15.2 Å². The number of amides is 2. The van der Waals surface area contributed by atoms with E-state index in [1.807, 2.05) is 0 Å². The van der Waals surface area contributed by atoms with Crippen LogP contribution in [0.1, 0.15) is 5.56 Å². The van der Waals surface area contributed by atoms with Gasteiger partial charge in [-0.05, 0) is 23.8 Å². The van der Waals surface area contributed by atoms with E-state index in [2.05, 4.69) is 6.58 Å². The Balaban J connectivity index is 2.89. The second kappa shape index (κ2) is 9.50. The third-order valence-electron chi connectivity index (χ3n) is 3.01. The minimum Gasteiger partial charge on any atom is -0.493 e. The summed E-state index contributed by atoms with van der Waals surface area (Å²) in [4.78, 5) is 23.3. The summed E-state index contributed by atoms with van der Waals surface area (Å²) in [6.07, 6.45) is -0.927. The maximum absolute atomic E-state index is 12.5. The van der Waals surface area contributed by atoms with Crippen molar-refractivity contribution in [1.29, 1.82) is 0 Å². The Hall–Kier alpha value is -2.97. The van der Waals surface area contributed by atoms with E-state index in [1.165, 1.54) is 31.4 Å². The van der Waals surface area contributed by atoms with Gasteiger partial charge in [0.2, 0.25) is 5.91 Å². The van der Waals surface area contributed by atoms with Crippen molar-refractivity contribution < 1.29 is 32.2 Å². The SMILES string of the molecule is C=CCN(CC(F)(F)F)C(=O)/C=C\c1ccc(OCC(N)=O)c(OC)c1. The predicted molar refractivity (Wildman–Crippen MR) is 89.5 cm³/mol. The average Bonchev–Trinajstić information content (AvgIpc) is 2.56. The van der Waals surface area contributed by atoms with Crippen LogP contribution in [0.5, 0.6) is 11.5 Å². The minimum absolute atomic E-state index is 0.230. The molecule has 1 rings (SSSR count). The first-order valence-electron chi connectivity index (χ1n) is 7.40. The quantitative estimate of drug-likeness (QED) is 0.532. The van der Waals surface area contributed by atoms with Gasteiger partial charge in [0, 0.05) is 12.6 Å². The molecule has 0 saturated carbocycles. The molecule has 0 aliphatic carbocycles. The molecule has 0 bridgehead atoms. The fourth-order valence-corrected chi connectivity index (χ4v) is 1.93. The zero-order valence-electron chi connectivity index (χ0n) is 14.1. The van der Waals surface area contributed by atoms with E-state index >= 15 is 0 Å². The predicted octanol–water partition coefficient (Wildman–Crippen LogP) is 2.15. The molecule has 0 radical (unpaired) electrons. The molecule has 2 amide bonds. The molecule has 0 unspecified atom stereocenters. The number of ether oxygens (including phenoxy) is 2. The fraction of sp³-hybridized carbons (Fsp3) is 0.294. The summed E-state index contributed by atoms with van der Waals surface area (Å²) in [5.74, 6) is -0.928. The number of hydrogen-bond acceptors (Lipinski definition) is 4. The van der Waals surface area contributed by atoms with Gasteiger partial charge in [0.05, 0.1) is 7.11 Å². The van der Waals surface area contributed by atoms with Crippen molar-refractivity contribution in [1.82, 2.24) is 4.90 Å². The molecule has 26 heavy (non-hydrogen) atoms. The van der Waals surface area contributed by atoms with Gasteiger partial charge >= 0.3 is 6.18 Å². The number of carbonyl (C=O) groups excluding carboxylic acids is 2. The molecule has 0 aliphatic heterocycles. The maximum Gasteiger partial charge on any atom is 0.406 e. The maximum atomic E-state index is 12.5. The zero-order valence-corrected chi connectivity index (χ0v) is 14.1. The number of primary amides is 1. The largest absolute Gasteiger partial charge is 0.493 e. The Morgan fingerprint density at radius 3 is 2.54 bits per heavy atom. The van der Waals surface area contributed by atoms with Gasteiger partial charge in [-0.15, -0.1) is 6.58 Å². The molecule has 0 saturated heterocycles. The van der Waals surface area contributed by atoms with Gasteiger partial charge in [-0.3, -0.25) is 9.59 Å². The number of carbonyl (C=O) groups is 2.